The van der Waals surface area contributed by atoms with E-state index in [9.17, 15) is 4.79 Å². The van der Waals surface area contributed by atoms with Gasteiger partial charge in [-0.15, -0.1) is 0 Å². The summed E-state index contributed by atoms with van der Waals surface area (Å²) in [5.74, 6) is 0. The fraction of sp³-hybridized carbons (Fsp3) is 0.500. The first-order chi connectivity index (χ1) is 1.73. The molecule has 0 radical (unpaired) electrons. The zero-order valence-corrected chi connectivity index (χ0v) is 5.78. The molecular weight excluding hydrogens is 162 g/mol. The fourth-order valence-electron chi connectivity index (χ4n) is 0. The molecule has 0 aromatic rings. The van der Waals surface area contributed by atoms with Gasteiger partial charge in [0.15, 0.2) is 0 Å². The molecule has 0 aliphatic heterocycles. The first-order valence-corrected chi connectivity index (χ1v) is 2.64. The Bertz CT molecular complexity index is 29.0. The van der Waals surface area contributed by atoms with Crippen molar-refractivity contribution in [3.05, 3.63) is 0 Å². The van der Waals surface area contributed by atoms with E-state index in [-0.39, 0.29) is 0 Å². The Morgan fingerprint density at radius 3 is 2.00 bits per heavy atom. The summed E-state index contributed by atoms with van der Waals surface area (Å²) in [4.78, 5) is 9.50. The van der Waals surface area contributed by atoms with Gasteiger partial charge >= 0.3 is 38.5 Å². The zero-order chi connectivity index (χ0) is 3.58. The van der Waals surface area contributed by atoms with Crippen LogP contribution in [0.15, 0.2) is 0 Å². The third kappa shape index (κ3) is 23.1. The molecule has 0 fully saturated rings. The molecule has 0 saturated heterocycles. The van der Waals surface area contributed by atoms with Crippen molar-refractivity contribution in [1.29, 1.82) is 0 Å². The number of hydrogen-bond acceptors (Lipinski definition) is 1. The van der Waals surface area contributed by atoms with E-state index in [0.717, 1.165) is 23.0 Å². The maximum atomic E-state index is 9.50. The van der Waals surface area contributed by atoms with Crippen LogP contribution in [0.1, 0.15) is 6.92 Å². The molecule has 4 heavy (non-hydrogen) atoms. The van der Waals surface area contributed by atoms with Crippen LogP contribution in [-0.4, -0.2) is 26.8 Å². The van der Waals surface area contributed by atoms with Crippen LogP contribution in [0, 0.1) is 0 Å². The minimum absolute atomic E-state index is 0.297. The molecule has 0 amide bonds. The Labute approximate surface area is 38.9 Å². The summed E-state index contributed by atoms with van der Waals surface area (Å²) < 4.78 is 0.297. The van der Waals surface area contributed by atoms with E-state index in [2.05, 4.69) is 0 Å². The van der Waals surface area contributed by atoms with Gasteiger partial charge in [0.2, 0.25) is 0 Å². The van der Waals surface area contributed by atoms with Gasteiger partial charge < -0.3 is 0 Å². The molecule has 0 spiro atoms. The molecule has 24 valence electrons. The van der Waals surface area contributed by atoms with Crippen molar-refractivity contribution in [1.82, 2.24) is 0 Å². The van der Waals surface area contributed by atoms with Crippen molar-refractivity contribution in [2.24, 2.45) is 0 Å². The summed E-state index contributed by atoms with van der Waals surface area (Å²) in [5.41, 5.74) is 0. The van der Waals surface area contributed by atoms with Crippen molar-refractivity contribution in [3.63, 3.8) is 0 Å². The van der Waals surface area contributed by atoms with Gasteiger partial charge in [0, 0.05) is 0 Å². The van der Waals surface area contributed by atoms with Gasteiger partial charge in [0.25, 0.3) is 0 Å². The standard InChI is InChI=1S/C2H3O.Sb.2H/c1-2-3;;;/h1H3;;;. The third-order valence-electron chi connectivity index (χ3n) is 0. The number of carbonyl (C=O) groups is 1. The third-order valence-corrected chi connectivity index (χ3v) is 0. The zero-order valence-electron chi connectivity index (χ0n) is 2.49. The van der Waals surface area contributed by atoms with Crippen LogP contribution >= 0.6 is 0 Å². The molecule has 2 heteroatoms. The summed E-state index contributed by atoms with van der Waals surface area (Å²) in [7, 11) is 0. The molecule has 0 atom stereocenters. The van der Waals surface area contributed by atoms with Gasteiger partial charge in [-0.05, 0) is 0 Å². The van der Waals surface area contributed by atoms with Crippen molar-refractivity contribution in [2.45, 2.75) is 6.92 Å². The van der Waals surface area contributed by atoms with E-state index < -0.39 is 0 Å². The molecule has 0 N–H and O–H groups in total. The van der Waals surface area contributed by atoms with Gasteiger partial charge in [-0.3, -0.25) is 0 Å². The van der Waals surface area contributed by atoms with E-state index in [4.69, 9.17) is 0 Å². The molecule has 0 saturated carbocycles. The summed E-state index contributed by atoms with van der Waals surface area (Å²) in [6, 6.07) is 0. The van der Waals surface area contributed by atoms with Crippen molar-refractivity contribution in [2.75, 3.05) is 0 Å². The predicted octanol–water partition coefficient (Wildman–Crippen LogP) is -0.834. The number of rotatable bonds is 0. The molecular formula is C2H5OSb. The summed E-state index contributed by atoms with van der Waals surface area (Å²) in [6.07, 6.45) is 0. The molecule has 0 aromatic heterocycles. The number of carbonyl (C=O) groups excluding carboxylic acids is 1. The molecule has 0 rings (SSSR count). The van der Waals surface area contributed by atoms with Crippen LogP contribution in [0.4, 0.5) is 0 Å². The van der Waals surface area contributed by atoms with Crippen LogP contribution in [0.5, 0.6) is 0 Å². The average Bonchev–Trinajstić information content (AvgIpc) is 0.811. The number of hydrogen-bond donors (Lipinski definition) is 0. The van der Waals surface area contributed by atoms with Gasteiger partial charge in [-0.2, -0.15) is 0 Å². The first-order valence-electron chi connectivity index (χ1n) is 0.993. The second-order valence-corrected chi connectivity index (χ2v) is 2.93. The second-order valence-electron chi connectivity index (χ2n) is 0.611. The van der Waals surface area contributed by atoms with Crippen LogP contribution in [0.2, 0.25) is 0 Å². The van der Waals surface area contributed by atoms with Gasteiger partial charge in [-0.1, -0.05) is 0 Å². The Hall–Kier alpha value is 0.488. The van der Waals surface area contributed by atoms with Crippen molar-refractivity contribution in [3.8, 4) is 0 Å². The normalized spacial score (nSPS) is 6.50. The van der Waals surface area contributed by atoms with Crippen LogP contribution in [0.25, 0.3) is 0 Å². The summed E-state index contributed by atoms with van der Waals surface area (Å²) in [5, 5.41) is 0. The predicted molar refractivity (Wildman–Crippen MR) is 19.2 cm³/mol. The Balaban J connectivity index is 2.80. The molecule has 0 unspecified atom stereocenters. The Morgan fingerprint density at radius 2 is 2.00 bits per heavy atom. The second kappa shape index (κ2) is 1.77. The molecule has 0 bridgehead atoms. The van der Waals surface area contributed by atoms with Crippen molar-refractivity contribution >= 4 is 26.8 Å². The van der Waals surface area contributed by atoms with Gasteiger partial charge in [-0.25, -0.2) is 0 Å². The minimum atomic E-state index is 0.297. The molecule has 0 aliphatic rings. The van der Waals surface area contributed by atoms with Crippen LogP contribution in [0.3, 0.4) is 0 Å². The average molecular weight is 167 g/mol. The van der Waals surface area contributed by atoms with Crippen LogP contribution < -0.4 is 0 Å². The first kappa shape index (κ1) is 4.49. The maximum absolute atomic E-state index is 9.50. The molecule has 1 nitrogen and oxygen atoms in total. The quantitative estimate of drug-likeness (QED) is 0.430. The molecule has 0 heterocycles. The monoisotopic (exact) mass is 166 g/mol. The van der Waals surface area contributed by atoms with E-state index >= 15 is 0 Å². The molecule has 0 aliphatic carbocycles. The van der Waals surface area contributed by atoms with E-state index in [1.165, 1.54) is 0 Å². The summed E-state index contributed by atoms with van der Waals surface area (Å²) >= 11 is 0.762. The fourth-order valence-corrected chi connectivity index (χ4v) is 0. The molecule has 0 aromatic carbocycles. The van der Waals surface area contributed by atoms with E-state index in [1.54, 1.807) is 6.92 Å². The summed E-state index contributed by atoms with van der Waals surface area (Å²) in [6.45, 7) is 1.59. The van der Waals surface area contributed by atoms with Gasteiger partial charge in [0.05, 0.1) is 0 Å². The van der Waals surface area contributed by atoms with E-state index in [0.29, 0.717) is 3.73 Å². The van der Waals surface area contributed by atoms with Crippen LogP contribution in [-0.2, 0) is 4.79 Å². The van der Waals surface area contributed by atoms with Gasteiger partial charge in [0.1, 0.15) is 0 Å². The van der Waals surface area contributed by atoms with Crippen molar-refractivity contribution < 1.29 is 4.79 Å². The SMILES string of the molecule is C[C](=O)[SbH2]. The topological polar surface area (TPSA) is 17.1 Å². The van der Waals surface area contributed by atoms with E-state index in [1.807, 2.05) is 0 Å². The Morgan fingerprint density at radius 1 is 2.00 bits per heavy atom. The Kier molecular flexibility index (Phi) is 1.99.